The third kappa shape index (κ3) is 2.96. The molecule has 1 amide bonds. The number of hydrogen-bond acceptors (Lipinski definition) is 3. The summed E-state index contributed by atoms with van der Waals surface area (Å²) < 4.78 is 0. The summed E-state index contributed by atoms with van der Waals surface area (Å²) in [6, 6.07) is 9.01. The van der Waals surface area contributed by atoms with Crippen LogP contribution in [0.25, 0.3) is 0 Å². The zero-order valence-corrected chi connectivity index (χ0v) is 10.2. The number of likely N-dealkylation sites (tertiary alicyclic amines) is 1. The second-order valence-corrected chi connectivity index (χ2v) is 4.64. The van der Waals surface area contributed by atoms with E-state index < -0.39 is 0 Å². The minimum atomic E-state index is 0.00295. The molecule has 1 fully saturated rings. The van der Waals surface area contributed by atoms with Crippen molar-refractivity contribution >= 4 is 11.7 Å². The molecule has 0 saturated carbocycles. The molecule has 1 aliphatic heterocycles. The van der Waals surface area contributed by atoms with E-state index in [1.54, 1.807) is 17.0 Å². The third-order valence-electron chi connectivity index (χ3n) is 3.23. The first-order valence-electron chi connectivity index (χ1n) is 6.17. The van der Waals surface area contributed by atoms with Crippen LogP contribution in [0.3, 0.4) is 0 Å². The summed E-state index contributed by atoms with van der Waals surface area (Å²) >= 11 is 0. The average molecular weight is 247 g/mol. The highest BCUT2D eigenvalue weighted by molar-refractivity contribution is 5.97. The fourth-order valence-corrected chi connectivity index (χ4v) is 2.04. The number of amides is 1. The summed E-state index contributed by atoms with van der Waals surface area (Å²) in [5.41, 5.74) is 0.655. The first-order valence-corrected chi connectivity index (χ1v) is 6.17. The maximum atomic E-state index is 11.8. The maximum absolute atomic E-state index is 11.8. The van der Waals surface area contributed by atoms with Crippen molar-refractivity contribution in [2.45, 2.75) is 12.8 Å². The molecule has 0 aromatic heterocycles. The van der Waals surface area contributed by atoms with Crippen molar-refractivity contribution < 1.29 is 14.7 Å². The molecule has 96 valence electrons. The van der Waals surface area contributed by atoms with Crippen LogP contribution in [0.2, 0.25) is 0 Å². The van der Waals surface area contributed by atoms with Gasteiger partial charge in [-0.05, 0) is 0 Å². The van der Waals surface area contributed by atoms with Gasteiger partial charge >= 0.3 is 0 Å². The van der Waals surface area contributed by atoms with Gasteiger partial charge in [-0.1, -0.05) is 30.3 Å². The number of benzene rings is 1. The Kier molecular flexibility index (Phi) is 4.10. The van der Waals surface area contributed by atoms with Gasteiger partial charge in [0.25, 0.3) is 0 Å². The molecule has 0 spiro atoms. The number of aliphatic hydroxyl groups excluding tert-OH is 1. The van der Waals surface area contributed by atoms with Crippen LogP contribution in [-0.4, -0.2) is 41.4 Å². The van der Waals surface area contributed by atoms with Crippen molar-refractivity contribution in [1.82, 2.24) is 4.90 Å². The summed E-state index contributed by atoms with van der Waals surface area (Å²) in [7, 11) is 0. The van der Waals surface area contributed by atoms with E-state index in [-0.39, 0.29) is 37.1 Å². The lowest BCUT2D eigenvalue weighted by atomic mass is 10.00. The van der Waals surface area contributed by atoms with Crippen LogP contribution in [0.4, 0.5) is 0 Å². The third-order valence-corrected chi connectivity index (χ3v) is 3.23. The van der Waals surface area contributed by atoms with Gasteiger partial charge in [0.15, 0.2) is 5.78 Å². The first-order chi connectivity index (χ1) is 8.70. The molecule has 0 unspecified atom stereocenters. The number of nitrogens with zero attached hydrogens (tertiary/aromatic N) is 1. The maximum Gasteiger partial charge on any atom is 0.223 e. The lowest BCUT2D eigenvalue weighted by Crippen LogP contribution is -2.51. The van der Waals surface area contributed by atoms with Gasteiger partial charge in [-0.25, -0.2) is 0 Å². The Labute approximate surface area is 106 Å². The molecule has 4 nitrogen and oxygen atoms in total. The Bertz CT molecular complexity index is 424. The number of Topliss-reactive ketones (excluding diaryl/α,β-unsaturated/α-hetero) is 1. The summed E-state index contributed by atoms with van der Waals surface area (Å²) in [5, 5.41) is 8.86. The molecule has 2 rings (SSSR count). The van der Waals surface area contributed by atoms with Crippen LogP contribution in [0, 0.1) is 5.92 Å². The van der Waals surface area contributed by atoms with Crippen LogP contribution in [0.5, 0.6) is 0 Å². The molecular formula is C14H17NO3. The zero-order valence-electron chi connectivity index (χ0n) is 10.2. The SMILES string of the molecule is O=C(CCC(=O)N1CC(CO)C1)c1ccccc1. The predicted octanol–water partition coefficient (Wildman–Crippen LogP) is 1.10. The Morgan fingerprint density at radius 2 is 1.83 bits per heavy atom. The summed E-state index contributed by atoms with van der Waals surface area (Å²) in [6.07, 6.45) is 0.509. The van der Waals surface area contributed by atoms with E-state index in [9.17, 15) is 9.59 Å². The molecule has 0 radical (unpaired) electrons. The highest BCUT2D eigenvalue weighted by Gasteiger charge is 2.29. The smallest absolute Gasteiger partial charge is 0.223 e. The second kappa shape index (κ2) is 5.78. The highest BCUT2D eigenvalue weighted by Crippen LogP contribution is 2.16. The van der Waals surface area contributed by atoms with Gasteiger partial charge in [-0.3, -0.25) is 9.59 Å². The van der Waals surface area contributed by atoms with E-state index in [2.05, 4.69) is 0 Å². The topological polar surface area (TPSA) is 57.6 Å². The van der Waals surface area contributed by atoms with E-state index in [1.165, 1.54) is 0 Å². The molecule has 1 aromatic rings. The lowest BCUT2D eigenvalue weighted by molar-refractivity contribution is -0.138. The van der Waals surface area contributed by atoms with Gasteiger partial charge in [-0.15, -0.1) is 0 Å². The van der Waals surface area contributed by atoms with Crippen molar-refractivity contribution in [1.29, 1.82) is 0 Å². The molecule has 1 saturated heterocycles. The number of rotatable bonds is 5. The van der Waals surface area contributed by atoms with Gasteiger partial charge in [-0.2, -0.15) is 0 Å². The Morgan fingerprint density at radius 3 is 2.44 bits per heavy atom. The first kappa shape index (κ1) is 12.8. The molecule has 0 aliphatic carbocycles. The highest BCUT2D eigenvalue weighted by atomic mass is 16.3. The van der Waals surface area contributed by atoms with Gasteiger partial charge in [0, 0.05) is 44.0 Å². The fourth-order valence-electron chi connectivity index (χ4n) is 2.04. The summed E-state index contributed by atoms with van der Waals surface area (Å²) in [4.78, 5) is 25.2. The quantitative estimate of drug-likeness (QED) is 0.793. The molecule has 0 atom stereocenters. The number of carbonyl (C=O) groups excluding carboxylic acids is 2. The van der Waals surface area contributed by atoms with Crippen LogP contribution < -0.4 is 0 Å². The Morgan fingerprint density at radius 1 is 1.17 bits per heavy atom. The Balaban J connectivity index is 1.75. The van der Waals surface area contributed by atoms with E-state index in [0.717, 1.165) is 0 Å². The van der Waals surface area contributed by atoms with Gasteiger partial charge in [0.1, 0.15) is 0 Å². The van der Waals surface area contributed by atoms with Crippen molar-refractivity contribution in [2.24, 2.45) is 5.92 Å². The van der Waals surface area contributed by atoms with Gasteiger partial charge < -0.3 is 10.0 Å². The molecule has 4 heteroatoms. The van der Waals surface area contributed by atoms with Gasteiger partial charge in [0.2, 0.25) is 5.91 Å². The number of carbonyl (C=O) groups is 2. The van der Waals surface area contributed by atoms with E-state index >= 15 is 0 Å². The standard InChI is InChI=1S/C14H17NO3/c16-10-11-8-15(9-11)14(18)7-6-13(17)12-4-2-1-3-5-12/h1-5,11,16H,6-10H2. The molecular weight excluding hydrogens is 230 g/mol. The monoisotopic (exact) mass is 247 g/mol. The molecule has 1 aliphatic rings. The molecule has 1 heterocycles. The van der Waals surface area contributed by atoms with Crippen LogP contribution in [0.1, 0.15) is 23.2 Å². The lowest BCUT2D eigenvalue weighted by Gasteiger charge is -2.38. The average Bonchev–Trinajstić information content (AvgIpc) is 2.36. The Hall–Kier alpha value is -1.68. The van der Waals surface area contributed by atoms with Crippen LogP contribution >= 0.6 is 0 Å². The molecule has 1 N–H and O–H groups in total. The van der Waals surface area contributed by atoms with Crippen molar-refractivity contribution in [3.05, 3.63) is 35.9 Å². The summed E-state index contributed by atoms with van der Waals surface area (Å²) in [6.45, 7) is 1.37. The van der Waals surface area contributed by atoms with Crippen LogP contribution in [0.15, 0.2) is 30.3 Å². The molecule has 18 heavy (non-hydrogen) atoms. The van der Waals surface area contributed by atoms with Crippen molar-refractivity contribution in [3.63, 3.8) is 0 Å². The normalized spacial score (nSPS) is 15.3. The predicted molar refractivity (Wildman–Crippen MR) is 67.2 cm³/mol. The number of ketones is 1. The number of hydrogen-bond donors (Lipinski definition) is 1. The van der Waals surface area contributed by atoms with E-state index in [4.69, 9.17) is 5.11 Å². The largest absolute Gasteiger partial charge is 0.396 e. The second-order valence-electron chi connectivity index (χ2n) is 4.64. The molecule has 0 bridgehead atoms. The molecule has 1 aromatic carbocycles. The summed E-state index contributed by atoms with van der Waals surface area (Å²) in [5.74, 6) is 0.228. The van der Waals surface area contributed by atoms with Gasteiger partial charge in [0.05, 0.1) is 0 Å². The minimum absolute atomic E-state index is 0.00295. The van der Waals surface area contributed by atoms with Crippen LogP contribution in [-0.2, 0) is 4.79 Å². The fraction of sp³-hybridized carbons (Fsp3) is 0.429. The van der Waals surface area contributed by atoms with Crippen molar-refractivity contribution in [2.75, 3.05) is 19.7 Å². The zero-order chi connectivity index (χ0) is 13.0. The van der Waals surface area contributed by atoms with E-state index in [1.807, 2.05) is 18.2 Å². The van der Waals surface area contributed by atoms with E-state index in [0.29, 0.717) is 18.7 Å². The number of aliphatic hydroxyl groups is 1. The minimum Gasteiger partial charge on any atom is -0.396 e. The van der Waals surface area contributed by atoms with Crippen molar-refractivity contribution in [3.8, 4) is 0 Å².